The van der Waals surface area contributed by atoms with Crippen molar-refractivity contribution >= 4 is 17.3 Å². The van der Waals surface area contributed by atoms with E-state index in [0.29, 0.717) is 19.3 Å². The first-order valence-corrected chi connectivity index (χ1v) is 10.2. The molecule has 4 aliphatic rings. The second kappa shape index (κ2) is 5.84. The van der Waals surface area contributed by atoms with Crippen LogP contribution in [-0.4, -0.2) is 39.8 Å². The molecule has 0 radical (unpaired) electrons. The van der Waals surface area contributed by atoms with Crippen molar-refractivity contribution in [3.63, 3.8) is 0 Å². The molecule has 0 aliphatic heterocycles. The summed E-state index contributed by atoms with van der Waals surface area (Å²) in [6.07, 6.45) is 5.46. The normalized spacial score (nSPS) is 49.1. The predicted octanol–water partition coefficient (Wildman–Crippen LogP) is 2.24. The molecule has 0 aromatic carbocycles. The highest BCUT2D eigenvalue weighted by molar-refractivity contribution is 5.94. The number of hydrogen-bond acceptors (Lipinski definition) is 5. The van der Waals surface area contributed by atoms with Gasteiger partial charge in [0, 0.05) is 24.2 Å². The number of carbonyl (C=O) groups excluding carboxylic acids is 3. The number of fused-ring (bicyclic) bond motifs is 5. The van der Waals surface area contributed by atoms with Crippen molar-refractivity contribution in [3.05, 3.63) is 11.6 Å². The van der Waals surface area contributed by atoms with Crippen LogP contribution in [0.2, 0.25) is 0 Å². The third-order valence-electron chi connectivity index (χ3n) is 8.80. The molecule has 0 aromatic rings. The minimum atomic E-state index is -1.65. The van der Waals surface area contributed by atoms with Crippen LogP contribution in [0.3, 0.4) is 0 Å². The zero-order valence-electron chi connectivity index (χ0n) is 16.5. The van der Waals surface area contributed by atoms with Gasteiger partial charge in [-0.05, 0) is 54.9 Å². The van der Waals surface area contributed by atoms with Crippen molar-refractivity contribution in [2.75, 3.05) is 6.61 Å². The first kappa shape index (κ1) is 19.0. The predicted molar refractivity (Wildman–Crippen MR) is 98.7 cm³/mol. The number of hydrogen-bond donors (Lipinski definition) is 2. The summed E-state index contributed by atoms with van der Waals surface area (Å²) in [5.74, 6) is -0.511. The molecule has 0 amide bonds. The quantitative estimate of drug-likeness (QED) is 0.773. The van der Waals surface area contributed by atoms with Gasteiger partial charge >= 0.3 is 0 Å². The maximum Gasteiger partial charge on any atom is 0.190 e. The van der Waals surface area contributed by atoms with Crippen LogP contribution >= 0.6 is 0 Å². The van der Waals surface area contributed by atoms with E-state index in [1.807, 2.05) is 13.8 Å². The summed E-state index contributed by atoms with van der Waals surface area (Å²) in [6, 6.07) is 0. The van der Waals surface area contributed by atoms with Gasteiger partial charge in [-0.3, -0.25) is 14.4 Å². The van der Waals surface area contributed by atoms with Gasteiger partial charge in [0.05, 0.1) is 0 Å². The van der Waals surface area contributed by atoms with Crippen LogP contribution in [0.4, 0.5) is 0 Å². The lowest BCUT2D eigenvalue weighted by Gasteiger charge is -2.57. The Balaban J connectivity index is 1.78. The summed E-state index contributed by atoms with van der Waals surface area (Å²) in [6.45, 7) is 5.18. The van der Waals surface area contributed by atoms with E-state index in [0.717, 1.165) is 18.4 Å². The van der Waals surface area contributed by atoms with E-state index >= 15 is 0 Å². The van der Waals surface area contributed by atoms with E-state index in [4.69, 9.17) is 0 Å². The van der Waals surface area contributed by atoms with Crippen LogP contribution < -0.4 is 0 Å². The summed E-state index contributed by atoms with van der Waals surface area (Å²) in [5.41, 5.74) is -1.64. The fourth-order valence-electron chi connectivity index (χ4n) is 7.43. The highest BCUT2D eigenvalue weighted by Gasteiger charge is 2.70. The fourth-order valence-corrected chi connectivity index (χ4v) is 7.43. The number of carbonyl (C=O) groups is 3. The molecule has 0 unspecified atom stereocenters. The summed E-state index contributed by atoms with van der Waals surface area (Å²) in [7, 11) is 0. The lowest BCUT2D eigenvalue weighted by molar-refractivity contribution is -0.174. The number of Topliss-reactive ketones (excluding diaryl/α,β-unsaturated/α-hetero) is 2. The molecule has 5 heteroatoms. The van der Waals surface area contributed by atoms with Crippen LogP contribution in [-0.2, 0) is 14.4 Å². The topological polar surface area (TPSA) is 91.7 Å². The number of aliphatic hydroxyl groups excluding tert-OH is 1. The third-order valence-corrected chi connectivity index (χ3v) is 8.80. The Morgan fingerprint density at radius 3 is 2.63 bits per heavy atom. The van der Waals surface area contributed by atoms with E-state index in [9.17, 15) is 24.6 Å². The second-order valence-electron chi connectivity index (χ2n) is 9.89. The Hall–Kier alpha value is -1.33. The smallest absolute Gasteiger partial charge is 0.190 e. The van der Waals surface area contributed by atoms with Crippen LogP contribution in [0.15, 0.2) is 11.6 Å². The summed E-state index contributed by atoms with van der Waals surface area (Å²) < 4.78 is 0. The van der Waals surface area contributed by atoms with Gasteiger partial charge in [0.25, 0.3) is 0 Å². The minimum absolute atomic E-state index is 0.0757. The van der Waals surface area contributed by atoms with Crippen molar-refractivity contribution in [2.45, 2.75) is 64.9 Å². The highest BCUT2D eigenvalue weighted by atomic mass is 16.3. The van der Waals surface area contributed by atoms with Crippen molar-refractivity contribution in [2.24, 2.45) is 34.5 Å². The lowest BCUT2D eigenvalue weighted by Crippen LogP contribution is -2.62. The average Bonchev–Trinajstić information content (AvgIpc) is 2.82. The van der Waals surface area contributed by atoms with E-state index in [1.54, 1.807) is 6.08 Å². The van der Waals surface area contributed by atoms with Gasteiger partial charge in [-0.1, -0.05) is 26.3 Å². The van der Waals surface area contributed by atoms with Gasteiger partial charge in [-0.25, -0.2) is 0 Å². The van der Waals surface area contributed by atoms with Gasteiger partial charge in [0.2, 0.25) is 0 Å². The Morgan fingerprint density at radius 1 is 1.26 bits per heavy atom. The van der Waals surface area contributed by atoms with Gasteiger partial charge < -0.3 is 10.2 Å². The molecule has 0 spiro atoms. The molecular weight excluding hydrogens is 344 g/mol. The van der Waals surface area contributed by atoms with Crippen molar-refractivity contribution in [3.8, 4) is 0 Å². The van der Waals surface area contributed by atoms with E-state index in [2.05, 4.69) is 6.92 Å². The number of ketones is 3. The maximum absolute atomic E-state index is 13.4. The molecule has 3 fully saturated rings. The van der Waals surface area contributed by atoms with Crippen LogP contribution in [0.25, 0.3) is 0 Å². The molecule has 3 saturated carbocycles. The summed E-state index contributed by atoms with van der Waals surface area (Å²) in [4.78, 5) is 37.9. The van der Waals surface area contributed by atoms with Gasteiger partial charge in [0.1, 0.15) is 18.0 Å². The van der Waals surface area contributed by atoms with Crippen molar-refractivity contribution < 1.29 is 24.6 Å². The van der Waals surface area contributed by atoms with Gasteiger partial charge in [-0.15, -0.1) is 0 Å². The van der Waals surface area contributed by atoms with Gasteiger partial charge in [-0.2, -0.15) is 0 Å². The minimum Gasteiger partial charge on any atom is -0.388 e. The highest BCUT2D eigenvalue weighted by Crippen LogP contribution is 2.67. The molecule has 7 atom stereocenters. The maximum atomic E-state index is 13.4. The molecule has 0 heterocycles. The molecular formula is C22H30O5. The van der Waals surface area contributed by atoms with E-state index < -0.39 is 23.4 Å². The number of rotatable bonds is 2. The van der Waals surface area contributed by atoms with Crippen LogP contribution in [0.1, 0.15) is 59.3 Å². The van der Waals surface area contributed by atoms with Crippen molar-refractivity contribution in [1.29, 1.82) is 0 Å². The second-order valence-corrected chi connectivity index (χ2v) is 9.89. The fraction of sp³-hybridized carbons (Fsp3) is 0.773. The largest absolute Gasteiger partial charge is 0.388 e. The molecule has 4 rings (SSSR count). The number of aliphatic hydroxyl groups is 2. The molecule has 2 N–H and O–H groups in total. The first-order chi connectivity index (χ1) is 12.6. The molecule has 4 aliphatic carbocycles. The Kier molecular flexibility index (Phi) is 4.11. The SMILES string of the molecule is C[C@@H]1C[C@H]2[C@@H]3CCC4=CC(=O)CC[C@]4(C)[C@H]3C(=O)C[C@]2(C)[C@@]1(O)C(=O)CO. The Morgan fingerprint density at radius 2 is 1.96 bits per heavy atom. The van der Waals surface area contributed by atoms with E-state index in [-0.39, 0.29) is 47.1 Å². The summed E-state index contributed by atoms with van der Waals surface area (Å²) in [5, 5.41) is 20.9. The Labute approximate surface area is 160 Å². The zero-order chi connectivity index (χ0) is 19.8. The van der Waals surface area contributed by atoms with Crippen molar-refractivity contribution in [1.82, 2.24) is 0 Å². The molecule has 148 valence electrons. The molecule has 0 aromatic heterocycles. The van der Waals surface area contributed by atoms with Crippen LogP contribution in [0.5, 0.6) is 0 Å². The number of allylic oxidation sites excluding steroid dienone is 1. The zero-order valence-corrected chi connectivity index (χ0v) is 16.5. The molecule has 0 bridgehead atoms. The van der Waals surface area contributed by atoms with Gasteiger partial charge in [0.15, 0.2) is 11.6 Å². The molecule has 27 heavy (non-hydrogen) atoms. The third kappa shape index (κ3) is 2.21. The molecule has 0 saturated heterocycles. The lowest BCUT2D eigenvalue weighted by atomic mass is 9.46. The standard InChI is InChI=1S/C22H30O5/c1-12-8-16-15-5-4-13-9-14(24)6-7-20(13,2)19(15)17(25)10-21(16,3)22(12,27)18(26)11-23/h9,12,15-16,19,23,27H,4-8,10-11H2,1-3H3/t12-,15+,16+,19-,20+,21+,22+/m1/s1. The Bertz CT molecular complexity index is 754. The molecule has 5 nitrogen and oxygen atoms in total. The first-order valence-electron chi connectivity index (χ1n) is 10.2. The average molecular weight is 374 g/mol. The van der Waals surface area contributed by atoms with E-state index in [1.165, 1.54) is 0 Å². The van der Waals surface area contributed by atoms with Crippen LogP contribution in [0, 0.1) is 34.5 Å². The monoisotopic (exact) mass is 374 g/mol. The summed E-state index contributed by atoms with van der Waals surface area (Å²) >= 11 is 0.